The number of nitrogens with one attached hydrogen (secondary N) is 2. The van der Waals surface area contributed by atoms with Crippen molar-refractivity contribution in [3.05, 3.63) is 34.8 Å². The Morgan fingerprint density at radius 1 is 1.39 bits per heavy atom. The van der Waals surface area contributed by atoms with E-state index in [4.69, 9.17) is 11.6 Å². The fraction of sp³-hybridized carbons (Fsp3) is 0.417. The molecule has 2 rings (SSSR count). The molecule has 2 aromatic rings. The minimum Gasteiger partial charge on any atom is -0.362 e. The maximum Gasteiger partial charge on any atom is 0.137 e. The average molecular weight is 266 g/mol. The Morgan fingerprint density at radius 2 is 2.17 bits per heavy atom. The molecule has 0 aliphatic rings. The Balaban J connectivity index is 2.20. The summed E-state index contributed by atoms with van der Waals surface area (Å²) in [7, 11) is 0. The van der Waals surface area contributed by atoms with Gasteiger partial charge in [-0.2, -0.15) is 0 Å². The molecule has 18 heavy (non-hydrogen) atoms. The molecule has 0 radical (unpaired) electrons. The molecule has 0 aromatic carbocycles. The number of nitrogens with zero attached hydrogens (tertiary/aromatic N) is 3. The molecule has 96 valence electrons. The highest BCUT2D eigenvalue weighted by Gasteiger charge is 2.11. The minimum absolute atomic E-state index is 0.243. The maximum atomic E-state index is 6.11. The number of aromatic amines is 1. The molecule has 0 atom stereocenters. The molecule has 0 spiro atoms. The summed E-state index contributed by atoms with van der Waals surface area (Å²) in [4.78, 5) is 15.9. The minimum atomic E-state index is 0.243. The molecule has 0 unspecified atom stereocenters. The molecule has 0 aliphatic heterocycles. The molecule has 2 N–H and O–H groups in total. The molecular weight excluding hydrogens is 250 g/mol. The smallest absolute Gasteiger partial charge is 0.137 e. The van der Waals surface area contributed by atoms with Crippen LogP contribution in [0, 0.1) is 6.92 Å². The van der Waals surface area contributed by atoms with Crippen LogP contribution in [0.25, 0.3) is 0 Å². The summed E-state index contributed by atoms with van der Waals surface area (Å²) in [6.45, 7) is 6.56. The zero-order chi connectivity index (χ0) is 13.1. The first-order chi connectivity index (χ1) is 8.58. The fourth-order valence-electron chi connectivity index (χ4n) is 1.50. The Bertz CT molecular complexity index is 522. The van der Waals surface area contributed by atoms with Crippen LogP contribution in [-0.2, 0) is 6.54 Å². The van der Waals surface area contributed by atoms with Gasteiger partial charge in [0.05, 0.1) is 6.54 Å². The van der Waals surface area contributed by atoms with E-state index < -0.39 is 0 Å². The quantitative estimate of drug-likeness (QED) is 0.834. The lowest BCUT2D eigenvalue weighted by molar-refractivity contribution is 0.770. The molecule has 0 saturated heterocycles. The Hall–Kier alpha value is -1.62. The number of aromatic nitrogens is 4. The summed E-state index contributed by atoms with van der Waals surface area (Å²) in [5, 5.41) is 3.72. The van der Waals surface area contributed by atoms with Crippen LogP contribution in [0.5, 0.6) is 0 Å². The van der Waals surface area contributed by atoms with Crippen molar-refractivity contribution >= 4 is 17.4 Å². The SMILES string of the molecule is Cc1c(Cl)nc(C(C)C)nc1NCc1ncc[nH]1. The summed E-state index contributed by atoms with van der Waals surface area (Å²) in [6, 6.07) is 0. The van der Waals surface area contributed by atoms with E-state index in [0.29, 0.717) is 11.7 Å². The third-order valence-electron chi connectivity index (χ3n) is 2.60. The molecule has 2 aromatic heterocycles. The molecule has 0 aliphatic carbocycles. The van der Waals surface area contributed by atoms with Crippen molar-refractivity contribution in [1.82, 2.24) is 19.9 Å². The number of H-pyrrole nitrogens is 1. The summed E-state index contributed by atoms with van der Waals surface area (Å²) < 4.78 is 0. The Morgan fingerprint density at radius 3 is 2.78 bits per heavy atom. The number of rotatable bonds is 4. The fourth-order valence-corrected chi connectivity index (χ4v) is 1.67. The number of hydrogen-bond acceptors (Lipinski definition) is 4. The average Bonchev–Trinajstić information content (AvgIpc) is 2.83. The second kappa shape index (κ2) is 5.35. The first-order valence-electron chi connectivity index (χ1n) is 5.84. The summed E-state index contributed by atoms with van der Waals surface area (Å²) >= 11 is 6.11. The normalized spacial score (nSPS) is 10.9. The number of anilines is 1. The van der Waals surface area contributed by atoms with E-state index in [1.165, 1.54) is 0 Å². The lowest BCUT2D eigenvalue weighted by Crippen LogP contribution is -2.09. The van der Waals surface area contributed by atoms with Crippen molar-refractivity contribution in [3.63, 3.8) is 0 Å². The van der Waals surface area contributed by atoms with Gasteiger partial charge in [-0.25, -0.2) is 15.0 Å². The van der Waals surface area contributed by atoms with Crippen LogP contribution in [0.15, 0.2) is 12.4 Å². The number of halogens is 1. The van der Waals surface area contributed by atoms with Crippen molar-refractivity contribution in [3.8, 4) is 0 Å². The lowest BCUT2D eigenvalue weighted by atomic mass is 10.2. The first-order valence-corrected chi connectivity index (χ1v) is 6.22. The molecule has 0 saturated carbocycles. The highest BCUT2D eigenvalue weighted by Crippen LogP contribution is 2.23. The summed E-state index contributed by atoms with van der Waals surface area (Å²) in [5.41, 5.74) is 0.854. The van der Waals surface area contributed by atoms with Gasteiger partial charge in [0.2, 0.25) is 0 Å². The van der Waals surface area contributed by atoms with Gasteiger partial charge >= 0.3 is 0 Å². The zero-order valence-electron chi connectivity index (χ0n) is 10.7. The van der Waals surface area contributed by atoms with E-state index in [1.54, 1.807) is 12.4 Å². The molecule has 0 fully saturated rings. The van der Waals surface area contributed by atoms with Crippen LogP contribution in [0.1, 0.15) is 37.0 Å². The van der Waals surface area contributed by atoms with Crippen molar-refractivity contribution in [2.45, 2.75) is 33.2 Å². The van der Waals surface area contributed by atoms with Gasteiger partial charge < -0.3 is 10.3 Å². The van der Waals surface area contributed by atoms with Crippen LogP contribution in [0.3, 0.4) is 0 Å². The highest BCUT2D eigenvalue weighted by molar-refractivity contribution is 6.30. The third kappa shape index (κ3) is 2.79. The monoisotopic (exact) mass is 265 g/mol. The van der Waals surface area contributed by atoms with Crippen molar-refractivity contribution in [1.29, 1.82) is 0 Å². The van der Waals surface area contributed by atoms with E-state index in [1.807, 2.05) is 20.8 Å². The predicted molar refractivity (Wildman–Crippen MR) is 71.8 cm³/mol. The van der Waals surface area contributed by atoms with Crippen molar-refractivity contribution < 1.29 is 0 Å². The van der Waals surface area contributed by atoms with Crippen molar-refractivity contribution in [2.75, 3.05) is 5.32 Å². The van der Waals surface area contributed by atoms with Gasteiger partial charge in [0, 0.05) is 23.9 Å². The van der Waals surface area contributed by atoms with Crippen LogP contribution < -0.4 is 5.32 Å². The van der Waals surface area contributed by atoms with E-state index in [-0.39, 0.29) is 5.92 Å². The van der Waals surface area contributed by atoms with Crippen LogP contribution in [-0.4, -0.2) is 19.9 Å². The van der Waals surface area contributed by atoms with Gasteiger partial charge in [-0.1, -0.05) is 25.4 Å². The van der Waals surface area contributed by atoms with Crippen molar-refractivity contribution in [2.24, 2.45) is 0 Å². The maximum absolute atomic E-state index is 6.11. The zero-order valence-corrected chi connectivity index (χ0v) is 11.4. The molecule has 5 nitrogen and oxygen atoms in total. The molecular formula is C12H16ClN5. The van der Waals surface area contributed by atoms with E-state index >= 15 is 0 Å². The van der Waals surface area contributed by atoms with Crippen LogP contribution in [0.2, 0.25) is 5.15 Å². The standard InChI is InChI=1S/C12H16ClN5/c1-7(2)11-17-10(13)8(3)12(18-11)16-6-9-14-4-5-15-9/h4-5,7H,6H2,1-3H3,(H,14,15)(H,16,17,18). The van der Waals surface area contributed by atoms with Gasteiger partial charge in [-0.15, -0.1) is 0 Å². The second-order valence-corrected chi connectivity index (χ2v) is 4.75. The van der Waals surface area contributed by atoms with E-state index in [9.17, 15) is 0 Å². The first kappa shape index (κ1) is 12.8. The molecule has 0 amide bonds. The van der Waals surface area contributed by atoms with Gasteiger partial charge in [-0.05, 0) is 6.92 Å². The predicted octanol–water partition coefficient (Wildman–Crippen LogP) is 2.90. The number of hydrogen-bond donors (Lipinski definition) is 2. The summed E-state index contributed by atoms with van der Waals surface area (Å²) in [6.07, 6.45) is 3.51. The highest BCUT2D eigenvalue weighted by atomic mass is 35.5. The van der Waals surface area contributed by atoms with Gasteiger partial charge in [-0.3, -0.25) is 0 Å². The van der Waals surface area contributed by atoms with Crippen LogP contribution in [0.4, 0.5) is 5.82 Å². The molecule has 0 bridgehead atoms. The van der Waals surface area contributed by atoms with Gasteiger partial charge in [0.1, 0.15) is 22.6 Å². The second-order valence-electron chi connectivity index (χ2n) is 4.39. The molecule has 6 heteroatoms. The Kier molecular flexibility index (Phi) is 3.81. The lowest BCUT2D eigenvalue weighted by Gasteiger charge is -2.12. The van der Waals surface area contributed by atoms with E-state index in [2.05, 4.69) is 25.3 Å². The van der Waals surface area contributed by atoms with Crippen LogP contribution >= 0.6 is 11.6 Å². The van der Waals surface area contributed by atoms with E-state index in [0.717, 1.165) is 23.0 Å². The summed E-state index contributed by atoms with van der Waals surface area (Å²) in [5.74, 6) is 2.60. The topological polar surface area (TPSA) is 66.5 Å². The van der Waals surface area contributed by atoms with Gasteiger partial charge in [0.25, 0.3) is 0 Å². The van der Waals surface area contributed by atoms with Gasteiger partial charge in [0.15, 0.2) is 0 Å². The third-order valence-corrected chi connectivity index (χ3v) is 2.97. The Labute approximate surface area is 111 Å². The number of imidazole rings is 1. The molecule has 2 heterocycles. The largest absolute Gasteiger partial charge is 0.362 e.